The lowest BCUT2D eigenvalue weighted by molar-refractivity contribution is -0.121. The van der Waals surface area contributed by atoms with Crippen LogP contribution in [-0.4, -0.2) is 39.2 Å². The molecular formula is C21H25N5O3. The molecule has 29 heavy (non-hydrogen) atoms. The Labute approximate surface area is 167 Å². The summed E-state index contributed by atoms with van der Waals surface area (Å²) in [6, 6.07) is 8.03. The number of nitrogens with one attached hydrogen (secondary N) is 2. The molecule has 1 fully saturated rings. The van der Waals surface area contributed by atoms with Gasteiger partial charge in [0.25, 0.3) is 5.56 Å². The minimum absolute atomic E-state index is 0.00576. The molecule has 1 saturated heterocycles. The van der Waals surface area contributed by atoms with E-state index in [1.54, 1.807) is 13.2 Å². The summed E-state index contributed by atoms with van der Waals surface area (Å²) in [7, 11) is 3.13. The normalized spacial score (nSPS) is 15.0. The Bertz CT molecular complexity index is 1170. The standard InChI is InChI=1S/C21H25N5O3/c1-24-13-18(20(28)25(2)21(24)29)26-9-7-15(8-10-26)23-19(27)11-14-12-22-17-6-4-3-5-16(14)17/h3-6,12-13,15,22H,7-11H2,1-2H3,(H,23,27). The average Bonchev–Trinajstić information content (AvgIpc) is 3.12. The van der Waals surface area contributed by atoms with Crippen LogP contribution in [0.15, 0.2) is 46.2 Å². The van der Waals surface area contributed by atoms with Gasteiger partial charge in [-0.05, 0) is 24.5 Å². The summed E-state index contributed by atoms with van der Waals surface area (Å²) < 4.78 is 2.55. The molecule has 0 spiro atoms. The van der Waals surface area contributed by atoms with Gasteiger partial charge in [0.1, 0.15) is 5.69 Å². The first kappa shape index (κ1) is 19.0. The lowest BCUT2D eigenvalue weighted by Gasteiger charge is -2.33. The number of aromatic amines is 1. The maximum absolute atomic E-state index is 12.5. The number of para-hydroxylation sites is 1. The lowest BCUT2D eigenvalue weighted by atomic mass is 10.0. The number of aromatic nitrogens is 3. The van der Waals surface area contributed by atoms with Gasteiger partial charge in [0, 0.05) is 56.5 Å². The number of hydrogen-bond donors (Lipinski definition) is 2. The molecule has 1 aliphatic heterocycles. The first-order valence-electron chi connectivity index (χ1n) is 9.80. The number of carbonyl (C=O) groups excluding carboxylic acids is 1. The van der Waals surface area contributed by atoms with Gasteiger partial charge in [-0.1, -0.05) is 18.2 Å². The molecule has 8 heteroatoms. The van der Waals surface area contributed by atoms with Crippen LogP contribution in [0.3, 0.4) is 0 Å². The van der Waals surface area contributed by atoms with Gasteiger partial charge in [-0.25, -0.2) is 4.79 Å². The smallest absolute Gasteiger partial charge is 0.330 e. The molecule has 8 nitrogen and oxygen atoms in total. The van der Waals surface area contributed by atoms with Crippen LogP contribution in [-0.2, 0) is 25.3 Å². The van der Waals surface area contributed by atoms with Crippen molar-refractivity contribution in [3.05, 3.63) is 63.1 Å². The molecule has 1 aromatic carbocycles. The Morgan fingerprint density at radius 3 is 2.66 bits per heavy atom. The topological polar surface area (TPSA) is 92.1 Å². The highest BCUT2D eigenvalue weighted by molar-refractivity contribution is 5.88. The number of benzene rings is 1. The summed E-state index contributed by atoms with van der Waals surface area (Å²) in [5.41, 5.74) is 1.93. The van der Waals surface area contributed by atoms with E-state index in [2.05, 4.69) is 10.3 Å². The predicted octanol–water partition coefficient (Wildman–Crippen LogP) is 0.893. The van der Waals surface area contributed by atoms with E-state index in [1.807, 2.05) is 35.4 Å². The van der Waals surface area contributed by atoms with Crippen molar-refractivity contribution in [3.8, 4) is 0 Å². The maximum atomic E-state index is 12.5. The zero-order chi connectivity index (χ0) is 20.5. The van der Waals surface area contributed by atoms with E-state index in [9.17, 15) is 14.4 Å². The van der Waals surface area contributed by atoms with Crippen molar-refractivity contribution in [2.75, 3.05) is 18.0 Å². The zero-order valence-corrected chi connectivity index (χ0v) is 16.6. The van der Waals surface area contributed by atoms with Crippen molar-refractivity contribution >= 4 is 22.5 Å². The van der Waals surface area contributed by atoms with E-state index in [0.29, 0.717) is 25.2 Å². The highest BCUT2D eigenvalue weighted by Gasteiger charge is 2.23. The molecule has 0 atom stereocenters. The monoisotopic (exact) mass is 395 g/mol. The minimum atomic E-state index is -0.335. The van der Waals surface area contributed by atoms with Crippen LogP contribution in [0.5, 0.6) is 0 Å². The molecule has 0 saturated carbocycles. The fourth-order valence-corrected chi connectivity index (χ4v) is 4.00. The second kappa shape index (κ2) is 7.62. The van der Waals surface area contributed by atoms with Gasteiger partial charge < -0.3 is 19.8 Å². The van der Waals surface area contributed by atoms with Gasteiger partial charge in [-0.2, -0.15) is 0 Å². The van der Waals surface area contributed by atoms with Crippen molar-refractivity contribution in [2.45, 2.75) is 25.3 Å². The largest absolute Gasteiger partial charge is 0.366 e. The van der Waals surface area contributed by atoms with Gasteiger partial charge in [-0.15, -0.1) is 0 Å². The quantitative estimate of drug-likeness (QED) is 0.686. The van der Waals surface area contributed by atoms with Gasteiger partial charge in [0.2, 0.25) is 5.91 Å². The van der Waals surface area contributed by atoms with Crippen LogP contribution in [0.4, 0.5) is 5.69 Å². The van der Waals surface area contributed by atoms with E-state index in [4.69, 9.17) is 0 Å². The number of amides is 1. The van der Waals surface area contributed by atoms with Crippen LogP contribution in [0.1, 0.15) is 18.4 Å². The average molecular weight is 395 g/mol. The van der Waals surface area contributed by atoms with Crippen molar-refractivity contribution in [1.82, 2.24) is 19.4 Å². The van der Waals surface area contributed by atoms with Crippen LogP contribution in [0.2, 0.25) is 0 Å². The second-order valence-electron chi connectivity index (χ2n) is 7.64. The first-order chi connectivity index (χ1) is 13.9. The molecule has 0 radical (unpaired) electrons. The summed E-state index contributed by atoms with van der Waals surface area (Å²) in [5.74, 6) is 0.00576. The van der Waals surface area contributed by atoms with E-state index < -0.39 is 0 Å². The highest BCUT2D eigenvalue weighted by Crippen LogP contribution is 2.19. The Balaban J connectivity index is 1.37. The van der Waals surface area contributed by atoms with E-state index >= 15 is 0 Å². The number of H-pyrrole nitrogens is 1. The zero-order valence-electron chi connectivity index (χ0n) is 16.6. The number of piperidine rings is 1. The van der Waals surface area contributed by atoms with Crippen molar-refractivity contribution in [3.63, 3.8) is 0 Å². The Kier molecular flexibility index (Phi) is 5.00. The highest BCUT2D eigenvalue weighted by atomic mass is 16.2. The summed E-state index contributed by atoms with van der Waals surface area (Å²) >= 11 is 0. The van der Waals surface area contributed by atoms with E-state index in [1.165, 1.54) is 11.6 Å². The Morgan fingerprint density at radius 2 is 1.90 bits per heavy atom. The lowest BCUT2D eigenvalue weighted by Crippen LogP contribution is -2.48. The molecule has 3 aromatic rings. The molecule has 0 bridgehead atoms. The maximum Gasteiger partial charge on any atom is 0.330 e. The van der Waals surface area contributed by atoms with E-state index in [0.717, 1.165) is 33.9 Å². The van der Waals surface area contributed by atoms with Crippen molar-refractivity contribution in [1.29, 1.82) is 0 Å². The fourth-order valence-electron chi connectivity index (χ4n) is 4.00. The Hall–Kier alpha value is -3.29. The Morgan fingerprint density at radius 1 is 1.17 bits per heavy atom. The summed E-state index contributed by atoms with van der Waals surface area (Å²) in [6.07, 6.45) is 5.34. The van der Waals surface area contributed by atoms with Crippen LogP contribution in [0, 0.1) is 0 Å². The number of anilines is 1. The van der Waals surface area contributed by atoms with Gasteiger partial charge in [-0.3, -0.25) is 14.2 Å². The molecule has 1 amide bonds. The predicted molar refractivity (Wildman–Crippen MR) is 112 cm³/mol. The third-order valence-electron chi connectivity index (χ3n) is 5.66. The third kappa shape index (κ3) is 3.70. The van der Waals surface area contributed by atoms with Crippen LogP contribution < -0.4 is 21.5 Å². The SMILES string of the molecule is Cn1cc(N2CCC(NC(=O)Cc3c[nH]c4ccccc34)CC2)c(=O)n(C)c1=O. The van der Waals surface area contributed by atoms with E-state index in [-0.39, 0.29) is 23.2 Å². The summed E-state index contributed by atoms with van der Waals surface area (Å²) in [4.78, 5) is 42.0. The molecule has 4 rings (SSSR count). The molecule has 0 unspecified atom stereocenters. The summed E-state index contributed by atoms with van der Waals surface area (Å²) in [5, 5.41) is 4.19. The van der Waals surface area contributed by atoms with Crippen LogP contribution in [0.25, 0.3) is 10.9 Å². The molecule has 3 heterocycles. The molecule has 0 aliphatic carbocycles. The first-order valence-corrected chi connectivity index (χ1v) is 9.80. The number of nitrogens with zero attached hydrogens (tertiary/aromatic N) is 3. The number of carbonyl (C=O) groups is 1. The number of aryl methyl sites for hydroxylation is 1. The molecular weight excluding hydrogens is 370 g/mol. The third-order valence-corrected chi connectivity index (χ3v) is 5.66. The number of fused-ring (bicyclic) bond motifs is 1. The fraction of sp³-hybridized carbons (Fsp3) is 0.381. The summed E-state index contributed by atoms with van der Waals surface area (Å²) in [6.45, 7) is 1.32. The number of hydrogen-bond acceptors (Lipinski definition) is 4. The number of rotatable bonds is 4. The van der Waals surface area contributed by atoms with Gasteiger partial charge in [0.15, 0.2) is 0 Å². The molecule has 152 valence electrons. The van der Waals surface area contributed by atoms with Crippen molar-refractivity contribution < 1.29 is 4.79 Å². The molecule has 2 N–H and O–H groups in total. The van der Waals surface area contributed by atoms with Crippen molar-refractivity contribution in [2.24, 2.45) is 14.1 Å². The minimum Gasteiger partial charge on any atom is -0.366 e. The van der Waals surface area contributed by atoms with Crippen LogP contribution >= 0.6 is 0 Å². The van der Waals surface area contributed by atoms with Gasteiger partial charge >= 0.3 is 5.69 Å². The molecule has 2 aromatic heterocycles. The second-order valence-corrected chi connectivity index (χ2v) is 7.64. The van der Waals surface area contributed by atoms with Gasteiger partial charge in [0.05, 0.1) is 6.42 Å². The molecule has 1 aliphatic rings.